The zero-order chi connectivity index (χ0) is 36.3. The number of aromatic nitrogens is 4. The van der Waals surface area contributed by atoms with Gasteiger partial charge in [-0.25, -0.2) is 15.0 Å². The molecule has 0 aliphatic carbocycles. The second-order valence-corrected chi connectivity index (χ2v) is 14.8. The van der Waals surface area contributed by atoms with E-state index in [-0.39, 0.29) is 5.57 Å². The predicted molar refractivity (Wildman–Crippen MR) is 210 cm³/mol. The summed E-state index contributed by atoms with van der Waals surface area (Å²) in [5, 5.41) is 16.4. The summed E-state index contributed by atoms with van der Waals surface area (Å²) in [4.78, 5) is 31.5. The molecular formula is C42H53N7OS. The summed E-state index contributed by atoms with van der Waals surface area (Å²) in [5.74, 6) is 1.61. The summed E-state index contributed by atoms with van der Waals surface area (Å²) >= 11 is 1.59. The van der Waals surface area contributed by atoms with Gasteiger partial charge in [-0.1, -0.05) is 138 Å². The van der Waals surface area contributed by atoms with E-state index in [0.29, 0.717) is 41.2 Å². The summed E-state index contributed by atoms with van der Waals surface area (Å²) in [6.07, 6.45) is 10.8. The van der Waals surface area contributed by atoms with E-state index in [0.717, 1.165) is 53.7 Å². The van der Waals surface area contributed by atoms with Gasteiger partial charge in [0, 0.05) is 30.6 Å². The zero-order valence-electron chi connectivity index (χ0n) is 31.3. The number of allylic oxidation sites excluding steroid dienone is 2. The molecule has 9 heteroatoms. The first-order valence-electron chi connectivity index (χ1n) is 18.9. The molecule has 2 unspecified atom stereocenters. The summed E-state index contributed by atoms with van der Waals surface area (Å²) in [5.41, 5.74) is 5.16. The van der Waals surface area contributed by atoms with Gasteiger partial charge in [0.1, 0.15) is 28.0 Å². The number of thiazole rings is 1. The molecular weight excluding hydrogens is 651 g/mol. The van der Waals surface area contributed by atoms with Gasteiger partial charge in [-0.05, 0) is 50.5 Å². The number of carbonyl (C=O) groups excluding carboxylic acids is 1. The van der Waals surface area contributed by atoms with E-state index in [4.69, 9.17) is 15.0 Å². The third kappa shape index (κ3) is 9.28. The molecule has 5 rings (SSSR count). The van der Waals surface area contributed by atoms with Crippen LogP contribution < -0.4 is 4.90 Å². The van der Waals surface area contributed by atoms with E-state index in [9.17, 15) is 10.1 Å². The van der Waals surface area contributed by atoms with E-state index < -0.39 is 5.91 Å². The van der Waals surface area contributed by atoms with Crippen LogP contribution in [0.2, 0.25) is 0 Å². The van der Waals surface area contributed by atoms with Crippen molar-refractivity contribution in [1.82, 2.24) is 19.7 Å². The number of aliphatic imine (C=N–C) groups is 1. The van der Waals surface area contributed by atoms with Crippen molar-refractivity contribution in [3.8, 4) is 17.3 Å². The topological polar surface area (TPSA) is 100 Å². The number of nitrogens with zero attached hydrogens (tertiary/aromatic N) is 7. The van der Waals surface area contributed by atoms with Crippen molar-refractivity contribution < 1.29 is 4.79 Å². The molecule has 0 spiro atoms. The molecule has 0 fully saturated rings. The lowest BCUT2D eigenvalue weighted by molar-refractivity contribution is 0.0941. The maximum atomic E-state index is 13.5. The first-order chi connectivity index (χ1) is 24.8. The van der Waals surface area contributed by atoms with Gasteiger partial charge >= 0.3 is 0 Å². The van der Waals surface area contributed by atoms with E-state index in [1.165, 1.54) is 54.3 Å². The van der Waals surface area contributed by atoms with Gasteiger partial charge < -0.3 is 4.90 Å². The molecule has 0 N–H and O–H groups in total. The second kappa shape index (κ2) is 18.2. The molecule has 1 aliphatic heterocycles. The van der Waals surface area contributed by atoms with Crippen LogP contribution in [0.25, 0.3) is 11.3 Å². The van der Waals surface area contributed by atoms with Crippen molar-refractivity contribution in [2.45, 2.75) is 106 Å². The molecule has 2 aromatic carbocycles. The van der Waals surface area contributed by atoms with Crippen molar-refractivity contribution in [2.24, 2.45) is 16.8 Å². The van der Waals surface area contributed by atoms with Gasteiger partial charge in [-0.2, -0.15) is 9.94 Å². The Hall–Kier alpha value is -4.42. The van der Waals surface area contributed by atoms with E-state index in [2.05, 4.69) is 87.1 Å². The Labute approximate surface area is 308 Å². The Morgan fingerprint density at radius 2 is 1.53 bits per heavy atom. The minimum Gasteiger partial charge on any atom is -0.347 e. The highest BCUT2D eigenvalue weighted by Crippen LogP contribution is 2.42. The Morgan fingerprint density at radius 1 is 0.882 bits per heavy atom. The summed E-state index contributed by atoms with van der Waals surface area (Å²) in [6, 6.07) is 20.7. The Morgan fingerprint density at radius 3 is 2.12 bits per heavy atom. The van der Waals surface area contributed by atoms with Crippen LogP contribution in [0.3, 0.4) is 0 Å². The minimum atomic E-state index is -0.465. The van der Waals surface area contributed by atoms with Crippen molar-refractivity contribution >= 4 is 33.1 Å². The van der Waals surface area contributed by atoms with Crippen LogP contribution >= 0.6 is 11.3 Å². The molecule has 268 valence electrons. The Kier molecular flexibility index (Phi) is 13.5. The van der Waals surface area contributed by atoms with Crippen LogP contribution in [0.5, 0.6) is 0 Å². The third-order valence-corrected chi connectivity index (χ3v) is 11.1. The fourth-order valence-electron chi connectivity index (χ4n) is 6.68. The van der Waals surface area contributed by atoms with Crippen LogP contribution in [-0.4, -0.2) is 44.5 Å². The number of unbranched alkanes of at least 4 members (excludes halogenated alkanes) is 2. The van der Waals surface area contributed by atoms with Gasteiger partial charge in [0.05, 0.1) is 0 Å². The van der Waals surface area contributed by atoms with Gasteiger partial charge in [0.25, 0.3) is 5.91 Å². The monoisotopic (exact) mass is 703 g/mol. The highest BCUT2D eigenvalue weighted by molar-refractivity contribution is 7.19. The molecule has 51 heavy (non-hydrogen) atoms. The largest absolute Gasteiger partial charge is 0.347 e. The summed E-state index contributed by atoms with van der Waals surface area (Å²) < 4.78 is 1.27. The smallest absolute Gasteiger partial charge is 0.291 e. The zero-order valence-corrected chi connectivity index (χ0v) is 32.1. The predicted octanol–water partition coefficient (Wildman–Crippen LogP) is 10.3. The summed E-state index contributed by atoms with van der Waals surface area (Å²) in [7, 11) is 0. The van der Waals surface area contributed by atoms with Gasteiger partial charge in [-0.3, -0.25) is 4.79 Å². The fraction of sp³-hybridized carbons (Fsp3) is 0.476. The standard InChI is InChI=1S/C42H53N7OS/c1-7-11-16-31(9-3)27-48(28-32(10-4)17-12-8-2)42-46-38(34-23-20-29(5)21-24-34)40(51-42)45-37-30(6)35(26-43)41(50)49-39(37)44-36(47-49)25-22-33-18-14-13-15-19-33/h13-15,18-21,23-24,31-32H,7-12,16-17,22,25,27-28H2,1-6H3. The average molecular weight is 704 g/mol. The van der Waals surface area contributed by atoms with Crippen LogP contribution in [0.1, 0.15) is 114 Å². The molecule has 1 aliphatic rings. The van der Waals surface area contributed by atoms with Crippen LogP contribution in [0, 0.1) is 30.1 Å². The molecule has 0 saturated carbocycles. The minimum absolute atomic E-state index is 0.0347. The molecule has 0 amide bonds. The first kappa shape index (κ1) is 37.8. The summed E-state index contributed by atoms with van der Waals surface area (Å²) in [6.45, 7) is 14.9. The molecule has 2 atom stereocenters. The lowest BCUT2D eigenvalue weighted by atomic mass is 9.96. The van der Waals surface area contributed by atoms with Crippen LogP contribution in [-0.2, 0) is 12.8 Å². The SMILES string of the molecule is CCCCC(CC)CN(CC(CC)CCCC)c1nc(-c2ccc(C)cc2)c(N=C2C(C)=C(C#N)C(=O)n3nc(CCc4ccccc4)nc32)s1. The van der Waals surface area contributed by atoms with Crippen molar-refractivity contribution in [3.63, 3.8) is 0 Å². The quantitative estimate of drug-likeness (QED) is 0.102. The van der Waals surface area contributed by atoms with Gasteiger partial charge in [0.2, 0.25) is 0 Å². The number of anilines is 1. The highest BCUT2D eigenvalue weighted by Gasteiger charge is 2.33. The van der Waals surface area contributed by atoms with Gasteiger partial charge in [0.15, 0.2) is 16.8 Å². The molecule has 4 aromatic rings. The molecule has 3 heterocycles. The molecule has 0 radical (unpaired) electrons. The molecule has 0 saturated heterocycles. The van der Waals surface area contributed by atoms with Crippen molar-refractivity contribution in [3.05, 3.63) is 88.5 Å². The van der Waals surface area contributed by atoms with Crippen LogP contribution in [0.15, 0.2) is 70.7 Å². The lowest BCUT2D eigenvalue weighted by Gasteiger charge is -2.30. The Balaban J connectivity index is 1.62. The van der Waals surface area contributed by atoms with E-state index >= 15 is 0 Å². The molecule has 8 nitrogen and oxygen atoms in total. The lowest BCUT2D eigenvalue weighted by Crippen LogP contribution is -2.34. The number of rotatable bonds is 18. The number of aryl methyl sites for hydroxylation is 3. The van der Waals surface area contributed by atoms with E-state index in [1.807, 2.05) is 18.2 Å². The average Bonchev–Trinajstić information content (AvgIpc) is 3.78. The van der Waals surface area contributed by atoms with Crippen LogP contribution in [0.4, 0.5) is 10.1 Å². The molecule has 2 aromatic heterocycles. The third-order valence-electron chi connectivity index (χ3n) is 10.0. The first-order valence-corrected chi connectivity index (χ1v) is 19.7. The second-order valence-electron chi connectivity index (χ2n) is 13.9. The maximum Gasteiger partial charge on any atom is 0.291 e. The maximum absolute atomic E-state index is 13.5. The van der Waals surface area contributed by atoms with Crippen molar-refractivity contribution in [1.29, 1.82) is 5.26 Å². The molecule has 0 bridgehead atoms. The number of carbonyl (C=O) groups is 1. The number of hydrogen-bond acceptors (Lipinski definition) is 8. The van der Waals surface area contributed by atoms with Crippen molar-refractivity contribution in [2.75, 3.05) is 18.0 Å². The highest BCUT2D eigenvalue weighted by atomic mass is 32.1. The van der Waals surface area contributed by atoms with Gasteiger partial charge in [-0.15, -0.1) is 5.10 Å². The number of benzene rings is 2. The normalized spacial score (nSPS) is 14.8. The number of hydrogen-bond donors (Lipinski definition) is 0. The Bertz CT molecular complexity index is 1840. The fourth-order valence-corrected chi connectivity index (χ4v) is 7.66. The number of fused-ring (bicyclic) bond motifs is 1. The number of nitriles is 1. The van der Waals surface area contributed by atoms with E-state index in [1.54, 1.807) is 18.3 Å².